The third kappa shape index (κ3) is 3.45. The van der Waals surface area contributed by atoms with E-state index in [2.05, 4.69) is 57.6 Å². The van der Waals surface area contributed by atoms with Crippen LogP contribution < -0.4 is 9.47 Å². The first-order chi connectivity index (χ1) is 13.9. The molecule has 1 fully saturated rings. The fourth-order valence-corrected chi connectivity index (χ4v) is 4.13. The van der Waals surface area contributed by atoms with Crippen LogP contribution in [0.2, 0.25) is 0 Å². The highest BCUT2D eigenvalue weighted by Gasteiger charge is 2.27. The molecule has 0 amide bonds. The van der Waals surface area contributed by atoms with Crippen LogP contribution in [0.15, 0.2) is 60.8 Å². The molecule has 0 saturated carbocycles. The number of benzene rings is 2. The van der Waals surface area contributed by atoms with Gasteiger partial charge in [-0.3, -0.25) is 4.90 Å². The molecular weight excluding hydrogens is 350 g/mol. The highest BCUT2D eigenvalue weighted by atomic mass is 16.6. The molecule has 1 aromatic heterocycles. The lowest BCUT2D eigenvalue weighted by atomic mass is 10.0. The first-order valence-electron chi connectivity index (χ1n) is 9.87. The van der Waals surface area contributed by atoms with Crippen LogP contribution >= 0.6 is 0 Å². The average Bonchev–Trinajstić information content (AvgIpc) is 3.23. The molecule has 0 aliphatic carbocycles. The molecule has 1 saturated heterocycles. The molecule has 0 bridgehead atoms. The van der Waals surface area contributed by atoms with Gasteiger partial charge in [0.2, 0.25) is 0 Å². The number of rotatable bonds is 4. The largest absolute Gasteiger partial charge is 0.486 e. The molecule has 2 aromatic carbocycles. The van der Waals surface area contributed by atoms with Gasteiger partial charge in [-0.15, -0.1) is 0 Å². The van der Waals surface area contributed by atoms with Crippen LogP contribution in [0.1, 0.15) is 30.0 Å². The fourth-order valence-electron chi connectivity index (χ4n) is 4.13. The van der Waals surface area contributed by atoms with Crippen molar-refractivity contribution < 1.29 is 9.47 Å². The van der Waals surface area contributed by atoms with Crippen LogP contribution in [0.5, 0.6) is 11.5 Å². The van der Waals surface area contributed by atoms with E-state index in [1.807, 2.05) is 12.1 Å². The monoisotopic (exact) mass is 373 g/mol. The summed E-state index contributed by atoms with van der Waals surface area (Å²) in [4.78, 5) is 2.56. The zero-order valence-electron chi connectivity index (χ0n) is 15.8. The first-order valence-corrected chi connectivity index (χ1v) is 9.87. The Morgan fingerprint density at radius 3 is 2.64 bits per heavy atom. The van der Waals surface area contributed by atoms with Gasteiger partial charge in [0.25, 0.3) is 0 Å². The van der Waals surface area contributed by atoms with Crippen molar-refractivity contribution in [3.8, 4) is 22.8 Å². The third-order valence-corrected chi connectivity index (χ3v) is 5.52. The summed E-state index contributed by atoms with van der Waals surface area (Å²) in [5.74, 6) is 1.74. The number of likely N-dealkylation sites (tertiary alicyclic amines) is 1. The molecule has 142 valence electrons. The van der Waals surface area contributed by atoms with Crippen molar-refractivity contribution in [2.45, 2.75) is 25.4 Å². The molecular formula is C23H23N3O2. The minimum absolute atomic E-state index is 0.426. The SMILES string of the molecule is c1cnnc(-c2ccc(CN3CCCC3c3ccc4c(c3)OCCO4)cc2)c1. The topological polar surface area (TPSA) is 47.5 Å². The van der Waals surface area contributed by atoms with Crippen molar-refractivity contribution >= 4 is 0 Å². The zero-order chi connectivity index (χ0) is 18.8. The van der Waals surface area contributed by atoms with E-state index in [9.17, 15) is 0 Å². The van der Waals surface area contributed by atoms with Crippen molar-refractivity contribution in [3.63, 3.8) is 0 Å². The molecule has 5 nitrogen and oxygen atoms in total. The van der Waals surface area contributed by atoms with E-state index >= 15 is 0 Å². The molecule has 28 heavy (non-hydrogen) atoms. The second kappa shape index (κ2) is 7.60. The van der Waals surface area contributed by atoms with Gasteiger partial charge in [-0.05, 0) is 54.8 Å². The van der Waals surface area contributed by atoms with Crippen LogP contribution in [0, 0.1) is 0 Å². The lowest BCUT2D eigenvalue weighted by molar-refractivity contribution is 0.170. The number of ether oxygens (including phenoxy) is 2. The Bertz CT molecular complexity index is 944. The number of nitrogens with zero attached hydrogens (tertiary/aromatic N) is 3. The molecule has 1 unspecified atom stereocenters. The average molecular weight is 373 g/mol. The lowest BCUT2D eigenvalue weighted by Crippen LogP contribution is -2.23. The Morgan fingerprint density at radius 2 is 1.82 bits per heavy atom. The van der Waals surface area contributed by atoms with Gasteiger partial charge < -0.3 is 9.47 Å². The Morgan fingerprint density at radius 1 is 0.964 bits per heavy atom. The molecule has 0 N–H and O–H groups in total. The summed E-state index contributed by atoms with van der Waals surface area (Å²) in [6, 6.07) is 19.4. The minimum Gasteiger partial charge on any atom is -0.486 e. The van der Waals surface area contributed by atoms with Crippen molar-refractivity contribution in [2.75, 3.05) is 19.8 Å². The Hall–Kier alpha value is -2.92. The van der Waals surface area contributed by atoms with E-state index < -0.39 is 0 Å². The highest BCUT2D eigenvalue weighted by molar-refractivity contribution is 5.58. The number of aromatic nitrogens is 2. The first kappa shape index (κ1) is 17.2. The van der Waals surface area contributed by atoms with Gasteiger partial charge in [-0.2, -0.15) is 10.2 Å². The maximum atomic E-state index is 5.78. The molecule has 0 radical (unpaired) electrons. The van der Waals surface area contributed by atoms with Crippen molar-refractivity contribution in [1.29, 1.82) is 0 Å². The molecule has 2 aliphatic heterocycles. The van der Waals surface area contributed by atoms with E-state index in [4.69, 9.17) is 9.47 Å². The van der Waals surface area contributed by atoms with E-state index in [0.717, 1.165) is 35.8 Å². The Balaban J connectivity index is 1.32. The predicted octanol–water partition coefficient (Wildman–Crippen LogP) is 4.25. The maximum absolute atomic E-state index is 5.78. The van der Waals surface area contributed by atoms with Gasteiger partial charge in [0.15, 0.2) is 11.5 Å². The summed E-state index contributed by atoms with van der Waals surface area (Å²) >= 11 is 0. The Kier molecular flexibility index (Phi) is 4.67. The van der Waals surface area contributed by atoms with Gasteiger partial charge in [0.05, 0.1) is 5.69 Å². The smallest absolute Gasteiger partial charge is 0.161 e. The number of fused-ring (bicyclic) bond motifs is 1. The summed E-state index contributed by atoms with van der Waals surface area (Å²) in [7, 11) is 0. The van der Waals surface area contributed by atoms with Crippen molar-refractivity contribution in [2.24, 2.45) is 0 Å². The van der Waals surface area contributed by atoms with Crippen LogP contribution in [-0.2, 0) is 6.54 Å². The van der Waals surface area contributed by atoms with E-state index in [-0.39, 0.29) is 0 Å². The quantitative estimate of drug-likeness (QED) is 0.684. The standard InChI is InChI=1S/C23H23N3O2/c1-3-20(25-24-11-1)18-7-5-17(6-8-18)16-26-12-2-4-21(26)19-9-10-22-23(15-19)28-14-13-27-22/h1,3,5-11,15,21H,2,4,12-14,16H2. The van der Waals surface area contributed by atoms with Crippen molar-refractivity contribution in [3.05, 3.63) is 71.9 Å². The van der Waals surface area contributed by atoms with Gasteiger partial charge in [0, 0.05) is 24.3 Å². The van der Waals surface area contributed by atoms with Gasteiger partial charge >= 0.3 is 0 Å². The normalized spacial score (nSPS) is 18.9. The minimum atomic E-state index is 0.426. The predicted molar refractivity (Wildman–Crippen MR) is 107 cm³/mol. The molecule has 3 aromatic rings. The second-order valence-electron chi connectivity index (χ2n) is 7.34. The Labute approximate surface area is 164 Å². The molecule has 2 aliphatic rings. The fraction of sp³-hybridized carbons (Fsp3) is 0.304. The van der Waals surface area contributed by atoms with Gasteiger partial charge in [-0.1, -0.05) is 30.3 Å². The van der Waals surface area contributed by atoms with Gasteiger partial charge in [0.1, 0.15) is 13.2 Å². The summed E-state index contributed by atoms with van der Waals surface area (Å²) < 4.78 is 11.4. The summed E-state index contributed by atoms with van der Waals surface area (Å²) in [6.45, 7) is 3.32. The molecule has 3 heterocycles. The third-order valence-electron chi connectivity index (χ3n) is 5.52. The molecule has 1 atom stereocenters. The summed E-state index contributed by atoms with van der Waals surface area (Å²) in [5.41, 5.74) is 4.64. The van der Waals surface area contributed by atoms with Gasteiger partial charge in [-0.25, -0.2) is 0 Å². The van der Waals surface area contributed by atoms with Crippen LogP contribution in [-0.4, -0.2) is 34.9 Å². The molecule has 5 rings (SSSR count). The van der Waals surface area contributed by atoms with E-state index in [0.29, 0.717) is 19.3 Å². The molecule has 0 spiro atoms. The lowest BCUT2D eigenvalue weighted by Gasteiger charge is -2.26. The van der Waals surface area contributed by atoms with E-state index in [1.165, 1.54) is 24.0 Å². The zero-order valence-corrected chi connectivity index (χ0v) is 15.8. The molecule has 5 heteroatoms. The van der Waals surface area contributed by atoms with Crippen LogP contribution in [0.25, 0.3) is 11.3 Å². The number of hydrogen-bond acceptors (Lipinski definition) is 5. The highest BCUT2D eigenvalue weighted by Crippen LogP contribution is 2.38. The second-order valence-corrected chi connectivity index (χ2v) is 7.34. The summed E-state index contributed by atoms with van der Waals surface area (Å²) in [6.07, 6.45) is 4.09. The van der Waals surface area contributed by atoms with Crippen LogP contribution in [0.3, 0.4) is 0 Å². The maximum Gasteiger partial charge on any atom is 0.161 e. The summed E-state index contributed by atoms with van der Waals surface area (Å²) in [5, 5.41) is 8.15. The van der Waals surface area contributed by atoms with Crippen LogP contribution in [0.4, 0.5) is 0 Å². The van der Waals surface area contributed by atoms with Crippen molar-refractivity contribution in [1.82, 2.24) is 15.1 Å². The number of hydrogen-bond donors (Lipinski definition) is 0. The van der Waals surface area contributed by atoms with E-state index in [1.54, 1.807) is 6.20 Å².